The average Bonchev–Trinajstić information content (AvgIpc) is 2.74. The lowest BCUT2D eigenvalue weighted by Crippen LogP contribution is -2.02. The predicted molar refractivity (Wildman–Crippen MR) is 60.1 cm³/mol. The molecule has 0 saturated carbocycles. The van der Waals surface area contributed by atoms with Crippen molar-refractivity contribution in [3.8, 4) is 11.3 Å². The summed E-state index contributed by atoms with van der Waals surface area (Å²) in [4.78, 5) is 14.5. The topological polar surface area (TPSA) is 58.9 Å². The standard InChI is InChI=1S/C12H8N2O2/c15-10-5-6-13-7-9(10)12-8-3-1-2-4-11(8)16-14-12/h1-7H,(H,13,15). The van der Waals surface area contributed by atoms with E-state index in [1.807, 2.05) is 24.3 Å². The van der Waals surface area contributed by atoms with Gasteiger partial charge in [-0.1, -0.05) is 17.3 Å². The van der Waals surface area contributed by atoms with Crippen LogP contribution in [0, 0.1) is 0 Å². The number of benzene rings is 1. The Hall–Kier alpha value is -2.36. The van der Waals surface area contributed by atoms with Crippen molar-refractivity contribution in [2.24, 2.45) is 0 Å². The van der Waals surface area contributed by atoms with E-state index in [1.54, 1.807) is 12.4 Å². The van der Waals surface area contributed by atoms with Crippen LogP contribution in [0.25, 0.3) is 22.2 Å². The van der Waals surface area contributed by atoms with Crippen LogP contribution in [-0.2, 0) is 0 Å². The van der Waals surface area contributed by atoms with Crippen molar-refractivity contribution in [2.75, 3.05) is 0 Å². The number of H-pyrrole nitrogens is 1. The van der Waals surface area contributed by atoms with Crippen molar-refractivity contribution in [3.05, 3.63) is 52.9 Å². The van der Waals surface area contributed by atoms with Gasteiger partial charge in [-0.05, 0) is 12.1 Å². The molecule has 0 saturated heterocycles. The van der Waals surface area contributed by atoms with Crippen molar-refractivity contribution in [1.82, 2.24) is 10.1 Å². The van der Waals surface area contributed by atoms with E-state index in [9.17, 15) is 4.79 Å². The molecule has 4 heteroatoms. The van der Waals surface area contributed by atoms with Crippen LogP contribution in [0.15, 0.2) is 52.0 Å². The molecule has 0 atom stereocenters. The lowest BCUT2D eigenvalue weighted by Gasteiger charge is -1.93. The fourth-order valence-corrected chi connectivity index (χ4v) is 1.68. The van der Waals surface area contributed by atoms with Crippen molar-refractivity contribution in [2.45, 2.75) is 0 Å². The number of para-hydroxylation sites is 1. The highest BCUT2D eigenvalue weighted by molar-refractivity contribution is 5.90. The first-order valence-corrected chi connectivity index (χ1v) is 4.88. The Labute approximate surface area is 90.5 Å². The summed E-state index contributed by atoms with van der Waals surface area (Å²) < 4.78 is 5.16. The Kier molecular flexibility index (Phi) is 1.86. The van der Waals surface area contributed by atoms with Gasteiger partial charge in [0.15, 0.2) is 11.0 Å². The Morgan fingerprint density at radius 3 is 2.94 bits per heavy atom. The van der Waals surface area contributed by atoms with Crippen molar-refractivity contribution in [1.29, 1.82) is 0 Å². The van der Waals surface area contributed by atoms with Crippen LogP contribution < -0.4 is 5.43 Å². The third-order valence-corrected chi connectivity index (χ3v) is 2.46. The predicted octanol–water partition coefficient (Wildman–Crippen LogP) is 2.18. The van der Waals surface area contributed by atoms with Gasteiger partial charge >= 0.3 is 0 Å². The molecule has 0 radical (unpaired) electrons. The molecule has 78 valence electrons. The molecule has 2 heterocycles. The lowest BCUT2D eigenvalue weighted by molar-refractivity contribution is 0.459. The van der Waals surface area contributed by atoms with Crippen molar-refractivity contribution < 1.29 is 4.52 Å². The number of nitrogens with one attached hydrogen (secondary N) is 1. The van der Waals surface area contributed by atoms with E-state index in [1.165, 1.54) is 6.07 Å². The van der Waals surface area contributed by atoms with Crippen LogP contribution in [0.2, 0.25) is 0 Å². The molecule has 0 unspecified atom stereocenters. The number of nitrogens with zero attached hydrogens (tertiary/aromatic N) is 1. The normalized spacial score (nSPS) is 10.8. The van der Waals surface area contributed by atoms with Gasteiger partial charge in [0.05, 0.1) is 5.56 Å². The molecule has 0 aliphatic rings. The van der Waals surface area contributed by atoms with E-state index in [0.29, 0.717) is 16.8 Å². The molecule has 3 rings (SSSR count). The van der Waals surface area contributed by atoms with Gasteiger partial charge in [-0.2, -0.15) is 0 Å². The summed E-state index contributed by atoms with van der Waals surface area (Å²) in [6.45, 7) is 0. The Balaban J connectivity index is 2.35. The number of aromatic nitrogens is 2. The van der Waals surface area contributed by atoms with E-state index in [2.05, 4.69) is 10.1 Å². The van der Waals surface area contributed by atoms with E-state index in [4.69, 9.17) is 4.52 Å². The molecule has 1 N–H and O–H groups in total. The maximum atomic E-state index is 11.7. The van der Waals surface area contributed by atoms with Gasteiger partial charge in [0, 0.05) is 23.8 Å². The zero-order valence-corrected chi connectivity index (χ0v) is 8.31. The van der Waals surface area contributed by atoms with Crippen LogP contribution in [0.3, 0.4) is 0 Å². The molecule has 4 nitrogen and oxygen atoms in total. The Morgan fingerprint density at radius 2 is 2.06 bits per heavy atom. The fourth-order valence-electron chi connectivity index (χ4n) is 1.68. The highest BCUT2D eigenvalue weighted by Crippen LogP contribution is 2.24. The van der Waals surface area contributed by atoms with Crippen LogP contribution in [0.5, 0.6) is 0 Å². The van der Waals surface area contributed by atoms with E-state index in [-0.39, 0.29) is 5.43 Å². The summed E-state index contributed by atoms with van der Waals surface area (Å²) in [5, 5.41) is 4.78. The van der Waals surface area contributed by atoms with Crippen LogP contribution in [0.4, 0.5) is 0 Å². The second kappa shape index (κ2) is 3.34. The van der Waals surface area contributed by atoms with Crippen molar-refractivity contribution in [3.63, 3.8) is 0 Å². The number of pyridine rings is 1. The Bertz CT molecular complexity index is 697. The maximum Gasteiger partial charge on any atom is 0.191 e. The van der Waals surface area contributed by atoms with Gasteiger partial charge in [-0.15, -0.1) is 0 Å². The van der Waals surface area contributed by atoms with Gasteiger partial charge in [-0.3, -0.25) is 4.79 Å². The molecule has 0 aliphatic carbocycles. The van der Waals surface area contributed by atoms with Gasteiger partial charge in [0.1, 0.15) is 5.69 Å². The van der Waals surface area contributed by atoms with Crippen LogP contribution >= 0.6 is 0 Å². The molecule has 0 fully saturated rings. The molecule has 0 spiro atoms. The van der Waals surface area contributed by atoms with E-state index >= 15 is 0 Å². The molecular formula is C12H8N2O2. The smallest absolute Gasteiger partial charge is 0.191 e. The minimum absolute atomic E-state index is 0.0715. The largest absolute Gasteiger partial charge is 0.367 e. The number of hydrogen-bond donors (Lipinski definition) is 1. The minimum atomic E-state index is -0.0715. The van der Waals surface area contributed by atoms with Crippen molar-refractivity contribution >= 4 is 11.0 Å². The van der Waals surface area contributed by atoms with Gasteiger partial charge in [0.2, 0.25) is 0 Å². The average molecular weight is 212 g/mol. The number of aromatic amines is 1. The minimum Gasteiger partial charge on any atom is -0.367 e. The zero-order valence-electron chi connectivity index (χ0n) is 8.31. The molecule has 0 bridgehead atoms. The molecule has 0 amide bonds. The summed E-state index contributed by atoms with van der Waals surface area (Å²) >= 11 is 0. The maximum absolute atomic E-state index is 11.7. The highest BCUT2D eigenvalue weighted by atomic mass is 16.5. The summed E-state index contributed by atoms with van der Waals surface area (Å²) in [7, 11) is 0. The number of rotatable bonds is 1. The monoisotopic (exact) mass is 212 g/mol. The van der Waals surface area contributed by atoms with Gasteiger partial charge < -0.3 is 9.51 Å². The summed E-state index contributed by atoms with van der Waals surface area (Å²) in [5.41, 5.74) is 1.71. The second-order valence-electron chi connectivity index (χ2n) is 3.45. The number of hydrogen-bond acceptors (Lipinski definition) is 3. The first-order chi connectivity index (χ1) is 7.86. The van der Waals surface area contributed by atoms with E-state index in [0.717, 1.165) is 5.39 Å². The summed E-state index contributed by atoms with van der Waals surface area (Å²) in [5.74, 6) is 0. The third-order valence-electron chi connectivity index (χ3n) is 2.46. The molecule has 1 aromatic carbocycles. The lowest BCUT2D eigenvalue weighted by atomic mass is 10.1. The molecule has 3 aromatic rings. The summed E-state index contributed by atoms with van der Waals surface area (Å²) in [6.07, 6.45) is 3.22. The summed E-state index contributed by atoms with van der Waals surface area (Å²) in [6, 6.07) is 8.93. The quantitative estimate of drug-likeness (QED) is 0.672. The first-order valence-electron chi connectivity index (χ1n) is 4.88. The highest BCUT2D eigenvalue weighted by Gasteiger charge is 2.11. The molecule has 16 heavy (non-hydrogen) atoms. The van der Waals surface area contributed by atoms with Gasteiger partial charge in [-0.25, -0.2) is 0 Å². The third kappa shape index (κ3) is 1.24. The van der Waals surface area contributed by atoms with Crippen LogP contribution in [0.1, 0.15) is 0 Å². The second-order valence-corrected chi connectivity index (χ2v) is 3.45. The fraction of sp³-hybridized carbons (Fsp3) is 0. The SMILES string of the molecule is O=c1cc[nH]cc1-c1noc2ccccc12. The number of fused-ring (bicyclic) bond motifs is 1. The Morgan fingerprint density at radius 1 is 1.19 bits per heavy atom. The van der Waals surface area contributed by atoms with Crippen LogP contribution in [-0.4, -0.2) is 10.1 Å². The van der Waals surface area contributed by atoms with E-state index < -0.39 is 0 Å². The molecule has 0 aliphatic heterocycles. The van der Waals surface area contributed by atoms with Gasteiger partial charge in [0.25, 0.3) is 0 Å². The zero-order chi connectivity index (χ0) is 11.0. The molecule has 2 aromatic heterocycles. The first kappa shape index (κ1) is 8.91. The molecular weight excluding hydrogens is 204 g/mol.